The molecular weight excluding hydrogens is 324 g/mol. The second-order valence-electron chi connectivity index (χ2n) is 4.31. The molecule has 3 rings (SSSR count). The maximum Gasteiger partial charge on any atom is 0.213 e. The normalized spacial score (nSPS) is 10.1. The van der Waals surface area contributed by atoms with Crippen LogP contribution in [0.25, 0.3) is 11.1 Å². The molecule has 0 radical (unpaired) electrons. The molecule has 0 aliphatic heterocycles. The third-order valence-electron chi connectivity index (χ3n) is 3.01. The van der Waals surface area contributed by atoms with Gasteiger partial charge in [-0.2, -0.15) is 0 Å². The molecule has 21 heavy (non-hydrogen) atoms. The van der Waals surface area contributed by atoms with Gasteiger partial charge >= 0.3 is 0 Å². The Hall–Kier alpha value is -1.82. The predicted molar refractivity (Wildman–Crippen MR) is 93.6 cm³/mol. The van der Waals surface area contributed by atoms with Crippen LogP contribution in [0, 0.1) is 0 Å². The summed E-state index contributed by atoms with van der Waals surface area (Å²) in [5.41, 5.74) is 14.5. The van der Waals surface area contributed by atoms with E-state index >= 15 is 0 Å². The summed E-state index contributed by atoms with van der Waals surface area (Å²) >= 11 is 2.90. The Balaban J connectivity index is 0.00000161. The molecule has 1 aromatic carbocycles. The van der Waals surface area contributed by atoms with Gasteiger partial charge in [0.15, 0.2) is 0 Å². The summed E-state index contributed by atoms with van der Waals surface area (Å²) in [6, 6.07) is 11.1. The number of thiophene rings is 2. The number of nitrogen functional groups attached to an aromatic ring is 2. The summed E-state index contributed by atoms with van der Waals surface area (Å²) in [4.78, 5) is 14.0. The molecule has 0 aliphatic rings. The molecular formula is C15H13ClN2OS2. The Morgan fingerprint density at radius 2 is 1.76 bits per heavy atom. The Bertz CT molecular complexity index is 766. The van der Waals surface area contributed by atoms with Crippen LogP contribution in [0.5, 0.6) is 0 Å². The number of hydrogen-bond donors (Lipinski definition) is 2. The summed E-state index contributed by atoms with van der Waals surface area (Å²) in [7, 11) is 0. The van der Waals surface area contributed by atoms with Crippen molar-refractivity contribution in [1.82, 2.24) is 0 Å². The Labute approximate surface area is 136 Å². The summed E-state index contributed by atoms with van der Waals surface area (Å²) in [6.45, 7) is 0. The lowest BCUT2D eigenvalue weighted by atomic mass is 10.0. The first-order chi connectivity index (χ1) is 9.66. The molecule has 0 unspecified atom stereocenters. The van der Waals surface area contributed by atoms with Gasteiger partial charge in [0.25, 0.3) is 0 Å². The molecule has 6 heteroatoms. The topological polar surface area (TPSA) is 69.1 Å². The first kappa shape index (κ1) is 15.6. The molecule has 0 spiro atoms. The average molecular weight is 337 g/mol. The van der Waals surface area contributed by atoms with E-state index in [1.54, 1.807) is 6.07 Å². The zero-order valence-electron chi connectivity index (χ0n) is 10.9. The van der Waals surface area contributed by atoms with Crippen LogP contribution in [0.1, 0.15) is 14.5 Å². The Morgan fingerprint density at radius 1 is 0.952 bits per heavy atom. The molecule has 0 amide bonds. The standard InChI is InChI=1S/C15H12N2OS2.ClH/c16-11-4-3-9(8-12(11)17)10-5-7-20-15(10)14(18)13-2-1-6-19-13;/h1-8H,16-17H2;1H. The molecule has 3 aromatic rings. The number of ketones is 1. The molecule has 0 fully saturated rings. The van der Waals surface area contributed by atoms with Gasteiger partial charge in [0.2, 0.25) is 5.78 Å². The highest BCUT2D eigenvalue weighted by Crippen LogP contribution is 2.33. The summed E-state index contributed by atoms with van der Waals surface area (Å²) < 4.78 is 0. The van der Waals surface area contributed by atoms with E-state index in [0.717, 1.165) is 20.9 Å². The highest BCUT2D eigenvalue weighted by molar-refractivity contribution is 7.16. The van der Waals surface area contributed by atoms with E-state index in [2.05, 4.69) is 0 Å². The van der Waals surface area contributed by atoms with Crippen molar-refractivity contribution in [3.8, 4) is 11.1 Å². The van der Waals surface area contributed by atoms with E-state index in [9.17, 15) is 4.79 Å². The maximum absolute atomic E-state index is 12.5. The lowest BCUT2D eigenvalue weighted by molar-refractivity contribution is 0.104. The van der Waals surface area contributed by atoms with Crippen LogP contribution in [0.3, 0.4) is 0 Å². The lowest BCUT2D eigenvalue weighted by Gasteiger charge is -2.05. The van der Waals surface area contributed by atoms with Gasteiger partial charge in [0.05, 0.1) is 21.1 Å². The van der Waals surface area contributed by atoms with Crippen molar-refractivity contribution in [2.24, 2.45) is 0 Å². The SMILES string of the molecule is Cl.Nc1ccc(-c2ccsc2C(=O)c2cccs2)cc1N. The molecule has 0 atom stereocenters. The zero-order valence-corrected chi connectivity index (χ0v) is 13.4. The molecule has 4 N–H and O–H groups in total. The minimum atomic E-state index is 0. The monoisotopic (exact) mass is 336 g/mol. The summed E-state index contributed by atoms with van der Waals surface area (Å²) in [5.74, 6) is 0.0559. The fourth-order valence-electron chi connectivity index (χ4n) is 1.97. The molecule has 0 saturated heterocycles. The second-order valence-corrected chi connectivity index (χ2v) is 6.18. The van der Waals surface area contributed by atoms with E-state index in [4.69, 9.17) is 11.5 Å². The van der Waals surface area contributed by atoms with E-state index in [-0.39, 0.29) is 18.2 Å². The van der Waals surface area contributed by atoms with Gasteiger partial charge in [-0.3, -0.25) is 4.79 Å². The molecule has 2 heterocycles. The first-order valence-electron chi connectivity index (χ1n) is 5.98. The molecule has 2 aromatic heterocycles. The van der Waals surface area contributed by atoms with Gasteiger partial charge in [-0.15, -0.1) is 35.1 Å². The van der Waals surface area contributed by atoms with Crippen molar-refractivity contribution in [2.45, 2.75) is 0 Å². The minimum Gasteiger partial charge on any atom is -0.397 e. The van der Waals surface area contributed by atoms with Gasteiger partial charge < -0.3 is 11.5 Å². The van der Waals surface area contributed by atoms with Crippen molar-refractivity contribution in [1.29, 1.82) is 0 Å². The highest BCUT2D eigenvalue weighted by Gasteiger charge is 2.17. The predicted octanol–water partition coefficient (Wildman–Crippen LogP) is 4.29. The largest absolute Gasteiger partial charge is 0.397 e. The molecule has 0 bridgehead atoms. The Morgan fingerprint density at radius 3 is 2.43 bits per heavy atom. The van der Waals surface area contributed by atoms with Crippen LogP contribution >= 0.6 is 35.1 Å². The maximum atomic E-state index is 12.5. The van der Waals surface area contributed by atoms with Crippen molar-refractivity contribution in [3.63, 3.8) is 0 Å². The van der Waals surface area contributed by atoms with Crippen LogP contribution in [0.2, 0.25) is 0 Å². The third kappa shape index (κ3) is 2.95. The van der Waals surface area contributed by atoms with E-state index in [1.165, 1.54) is 22.7 Å². The van der Waals surface area contributed by atoms with Gasteiger partial charge in [0.1, 0.15) is 0 Å². The number of carbonyl (C=O) groups excluding carboxylic acids is 1. The summed E-state index contributed by atoms with van der Waals surface area (Å²) in [6.07, 6.45) is 0. The molecule has 3 nitrogen and oxygen atoms in total. The van der Waals surface area contributed by atoms with Crippen LogP contribution < -0.4 is 11.5 Å². The van der Waals surface area contributed by atoms with Crippen LogP contribution in [-0.4, -0.2) is 5.78 Å². The van der Waals surface area contributed by atoms with E-state index < -0.39 is 0 Å². The number of halogens is 1. The number of hydrogen-bond acceptors (Lipinski definition) is 5. The zero-order chi connectivity index (χ0) is 14.1. The fraction of sp³-hybridized carbons (Fsp3) is 0. The highest BCUT2D eigenvalue weighted by atomic mass is 35.5. The number of anilines is 2. The van der Waals surface area contributed by atoms with Gasteiger partial charge in [-0.25, -0.2) is 0 Å². The number of rotatable bonds is 3. The molecule has 0 saturated carbocycles. The minimum absolute atomic E-state index is 0. The van der Waals surface area contributed by atoms with Crippen LogP contribution in [0.4, 0.5) is 11.4 Å². The quantitative estimate of drug-likeness (QED) is 0.553. The van der Waals surface area contributed by atoms with Crippen molar-refractivity contribution in [2.75, 3.05) is 11.5 Å². The molecule has 0 aliphatic carbocycles. The number of benzene rings is 1. The van der Waals surface area contributed by atoms with E-state index in [1.807, 2.05) is 41.1 Å². The average Bonchev–Trinajstić information content (AvgIpc) is 3.11. The second kappa shape index (κ2) is 6.30. The van der Waals surface area contributed by atoms with E-state index in [0.29, 0.717) is 11.4 Å². The number of carbonyl (C=O) groups is 1. The fourth-order valence-corrected chi connectivity index (χ4v) is 3.58. The molecule has 108 valence electrons. The number of nitrogens with two attached hydrogens (primary N) is 2. The van der Waals surface area contributed by atoms with Gasteiger partial charge in [0, 0.05) is 5.56 Å². The van der Waals surface area contributed by atoms with Crippen molar-refractivity contribution < 1.29 is 4.79 Å². The van der Waals surface area contributed by atoms with Crippen molar-refractivity contribution >= 4 is 52.2 Å². The van der Waals surface area contributed by atoms with Crippen LogP contribution in [0.15, 0.2) is 47.2 Å². The lowest BCUT2D eigenvalue weighted by Crippen LogP contribution is -1.98. The summed E-state index contributed by atoms with van der Waals surface area (Å²) in [5, 5.41) is 3.82. The van der Waals surface area contributed by atoms with Gasteiger partial charge in [-0.05, 0) is 40.6 Å². The van der Waals surface area contributed by atoms with Crippen molar-refractivity contribution in [3.05, 3.63) is 56.9 Å². The Kier molecular flexibility index (Phi) is 4.67. The van der Waals surface area contributed by atoms with Gasteiger partial charge in [-0.1, -0.05) is 12.1 Å². The van der Waals surface area contributed by atoms with Crippen LogP contribution in [-0.2, 0) is 0 Å². The first-order valence-corrected chi connectivity index (χ1v) is 7.74. The third-order valence-corrected chi connectivity index (χ3v) is 4.80. The smallest absolute Gasteiger partial charge is 0.213 e.